The molecule has 5 nitrogen and oxygen atoms in total. The smallest absolute Gasteiger partial charge is 0.233 e. The van der Waals surface area contributed by atoms with Crippen LogP contribution < -0.4 is 5.32 Å². The standard InChI is InChI=1S/C19H26N4OS/c1-5-10-17(16-11-8-7-9-12-16)20-18(24)14(3)25-19-22-21-15(4)23(19)13-6-2/h6-9,11-12,14,17H,2,5,10,13H2,1,3-4H3,(H,20,24). The van der Waals surface area contributed by atoms with Crippen molar-refractivity contribution in [2.24, 2.45) is 0 Å². The molecule has 0 bridgehead atoms. The van der Waals surface area contributed by atoms with Gasteiger partial charge in [-0.3, -0.25) is 4.79 Å². The maximum atomic E-state index is 12.7. The fraction of sp³-hybridized carbons (Fsp3) is 0.421. The predicted molar refractivity (Wildman–Crippen MR) is 103 cm³/mol. The number of nitrogens with one attached hydrogen (secondary N) is 1. The molecule has 1 heterocycles. The van der Waals surface area contributed by atoms with E-state index in [2.05, 4.69) is 41.1 Å². The van der Waals surface area contributed by atoms with Crippen LogP contribution in [-0.4, -0.2) is 25.9 Å². The van der Waals surface area contributed by atoms with Crippen molar-refractivity contribution in [1.82, 2.24) is 20.1 Å². The molecular formula is C19H26N4OS. The van der Waals surface area contributed by atoms with Gasteiger partial charge < -0.3 is 9.88 Å². The number of allylic oxidation sites excluding steroid dienone is 1. The number of amides is 1. The van der Waals surface area contributed by atoms with Gasteiger partial charge >= 0.3 is 0 Å². The molecule has 0 radical (unpaired) electrons. The Kier molecular flexibility index (Phi) is 7.25. The van der Waals surface area contributed by atoms with E-state index in [1.807, 2.05) is 36.6 Å². The number of aryl methyl sites for hydroxylation is 1. The van der Waals surface area contributed by atoms with Crippen LogP contribution in [0.15, 0.2) is 48.1 Å². The summed E-state index contributed by atoms with van der Waals surface area (Å²) in [5.41, 5.74) is 1.14. The summed E-state index contributed by atoms with van der Waals surface area (Å²) in [4.78, 5) is 12.7. The number of carbonyl (C=O) groups is 1. The third-order valence-corrected chi connectivity index (χ3v) is 5.04. The third-order valence-electron chi connectivity index (χ3n) is 3.96. The van der Waals surface area contributed by atoms with Gasteiger partial charge in [-0.1, -0.05) is 61.5 Å². The molecule has 1 amide bonds. The van der Waals surface area contributed by atoms with E-state index in [0.29, 0.717) is 6.54 Å². The quantitative estimate of drug-likeness (QED) is 0.545. The topological polar surface area (TPSA) is 59.8 Å². The number of hydrogen-bond donors (Lipinski definition) is 1. The highest BCUT2D eigenvalue weighted by Gasteiger charge is 2.22. The monoisotopic (exact) mass is 358 g/mol. The first-order valence-electron chi connectivity index (χ1n) is 8.59. The Bertz CT molecular complexity index is 699. The summed E-state index contributed by atoms with van der Waals surface area (Å²) in [6, 6.07) is 10.1. The molecule has 1 aromatic carbocycles. The van der Waals surface area contributed by atoms with Crippen molar-refractivity contribution in [2.45, 2.75) is 56.6 Å². The fourth-order valence-corrected chi connectivity index (χ4v) is 3.50. The second-order valence-corrected chi connectivity index (χ2v) is 7.26. The molecule has 6 heteroatoms. The van der Waals surface area contributed by atoms with E-state index in [9.17, 15) is 4.79 Å². The molecule has 134 valence electrons. The Morgan fingerprint density at radius 2 is 2.08 bits per heavy atom. The first kappa shape index (κ1) is 19.2. The van der Waals surface area contributed by atoms with Gasteiger partial charge in [0.1, 0.15) is 5.82 Å². The van der Waals surface area contributed by atoms with Gasteiger partial charge in [-0.05, 0) is 25.8 Å². The molecule has 2 rings (SSSR count). The summed E-state index contributed by atoms with van der Waals surface area (Å²) in [5, 5.41) is 11.9. The number of carbonyl (C=O) groups excluding carboxylic acids is 1. The molecule has 2 atom stereocenters. The third kappa shape index (κ3) is 5.19. The van der Waals surface area contributed by atoms with E-state index < -0.39 is 0 Å². The first-order valence-corrected chi connectivity index (χ1v) is 9.47. The number of aromatic nitrogens is 3. The van der Waals surface area contributed by atoms with E-state index in [1.165, 1.54) is 11.8 Å². The van der Waals surface area contributed by atoms with Gasteiger partial charge in [-0.25, -0.2) is 0 Å². The average molecular weight is 359 g/mol. The van der Waals surface area contributed by atoms with Gasteiger partial charge in [0.15, 0.2) is 5.16 Å². The zero-order valence-corrected chi connectivity index (χ0v) is 15.9. The van der Waals surface area contributed by atoms with Crippen molar-refractivity contribution in [1.29, 1.82) is 0 Å². The highest BCUT2D eigenvalue weighted by atomic mass is 32.2. The zero-order valence-electron chi connectivity index (χ0n) is 15.1. The van der Waals surface area contributed by atoms with Gasteiger partial charge in [0.2, 0.25) is 5.91 Å². The molecule has 2 aromatic rings. The summed E-state index contributed by atoms with van der Waals surface area (Å²) in [5.74, 6) is 0.835. The van der Waals surface area contributed by atoms with E-state index in [1.54, 1.807) is 6.08 Å². The molecule has 0 aliphatic heterocycles. The largest absolute Gasteiger partial charge is 0.348 e. The Morgan fingerprint density at radius 3 is 2.72 bits per heavy atom. The lowest BCUT2D eigenvalue weighted by Crippen LogP contribution is -2.34. The van der Waals surface area contributed by atoms with Crippen molar-refractivity contribution in [3.63, 3.8) is 0 Å². The summed E-state index contributed by atoms with van der Waals surface area (Å²) >= 11 is 1.42. The van der Waals surface area contributed by atoms with Crippen molar-refractivity contribution >= 4 is 17.7 Å². The molecule has 0 saturated heterocycles. The van der Waals surface area contributed by atoms with Crippen LogP contribution >= 0.6 is 11.8 Å². The number of benzene rings is 1. The zero-order chi connectivity index (χ0) is 18.2. The summed E-state index contributed by atoms with van der Waals surface area (Å²) < 4.78 is 1.96. The van der Waals surface area contributed by atoms with Crippen LogP contribution in [0.4, 0.5) is 0 Å². The van der Waals surface area contributed by atoms with Crippen LogP contribution in [0.5, 0.6) is 0 Å². The van der Waals surface area contributed by atoms with Gasteiger partial charge in [0, 0.05) is 6.54 Å². The fourth-order valence-electron chi connectivity index (χ4n) is 2.58. The summed E-state index contributed by atoms with van der Waals surface area (Å²) in [6.07, 6.45) is 3.73. The van der Waals surface area contributed by atoms with Crippen LogP contribution in [0.2, 0.25) is 0 Å². The lowest BCUT2D eigenvalue weighted by Gasteiger charge is -2.21. The van der Waals surface area contributed by atoms with Crippen LogP contribution in [0, 0.1) is 6.92 Å². The summed E-state index contributed by atoms with van der Waals surface area (Å²) in [6.45, 7) is 10.3. The SMILES string of the molecule is C=CCn1c(C)nnc1SC(C)C(=O)NC(CCC)c1ccccc1. The Hall–Kier alpha value is -2.08. The normalized spacial score (nSPS) is 13.2. The number of rotatable bonds is 9. The maximum absolute atomic E-state index is 12.7. The van der Waals surface area contributed by atoms with Crippen molar-refractivity contribution in [3.8, 4) is 0 Å². The van der Waals surface area contributed by atoms with Gasteiger partial charge in [0.25, 0.3) is 0 Å². The second kappa shape index (κ2) is 9.42. The average Bonchev–Trinajstić information content (AvgIpc) is 2.95. The van der Waals surface area contributed by atoms with Crippen LogP contribution in [0.3, 0.4) is 0 Å². The molecule has 0 fully saturated rings. The summed E-state index contributed by atoms with van der Waals surface area (Å²) in [7, 11) is 0. The van der Waals surface area contributed by atoms with Crippen molar-refractivity contribution in [2.75, 3.05) is 0 Å². The molecule has 0 spiro atoms. The Morgan fingerprint density at radius 1 is 1.36 bits per heavy atom. The lowest BCUT2D eigenvalue weighted by molar-refractivity contribution is -0.121. The molecule has 0 saturated carbocycles. The van der Waals surface area contributed by atoms with Crippen LogP contribution in [-0.2, 0) is 11.3 Å². The predicted octanol–water partition coefficient (Wildman–Crippen LogP) is 3.91. The van der Waals surface area contributed by atoms with E-state index in [0.717, 1.165) is 29.4 Å². The molecule has 25 heavy (non-hydrogen) atoms. The number of thioether (sulfide) groups is 1. The van der Waals surface area contributed by atoms with Crippen LogP contribution in [0.1, 0.15) is 44.1 Å². The molecule has 1 N–H and O–H groups in total. The minimum Gasteiger partial charge on any atom is -0.348 e. The number of hydrogen-bond acceptors (Lipinski definition) is 4. The first-order chi connectivity index (χ1) is 12.1. The van der Waals surface area contributed by atoms with Crippen LogP contribution in [0.25, 0.3) is 0 Å². The molecule has 0 aliphatic carbocycles. The van der Waals surface area contributed by atoms with Crippen molar-refractivity contribution in [3.05, 3.63) is 54.4 Å². The Labute approximate surface area is 153 Å². The molecule has 0 aliphatic rings. The molecular weight excluding hydrogens is 332 g/mol. The van der Waals surface area contributed by atoms with E-state index in [4.69, 9.17) is 0 Å². The van der Waals surface area contributed by atoms with Crippen molar-refractivity contribution < 1.29 is 4.79 Å². The van der Waals surface area contributed by atoms with Gasteiger partial charge in [-0.2, -0.15) is 0 Å². The second-order valence-electron chi connectivity index (χ2n) is 5.95. The van der Waals surface area contributed by atoms with Gasteiger partial charge in [-0.15, -0.1) is 16.8 Å². The number of nitrogens with zero attached hydrogens (tertiary/aromatic N) is 3. The van der Waals surface area contributed by atoms with E-state index >= 15 is 0 Å². The maximum Gasteiger partial charge on any atom is 0.233 e. The highest BCUT2D eigenvalue weighted by molar-refractivity contribution is 8.00. The molecule has 2 unspecified atom stereocenters. The minimum absolute atomic E-state index is 0.0121. The molecule has 1 aromatic heterocycles. The minimum atomic E-state index is -0.254. The van der Waals surface area contributed by atoms with E-state index in [-0.39, 0.29) is 17.2 Å². The van der Waals surface area contributed by atoms with Gasteiger partial charge in [0.05, 0.1) is 11.3 Å². The lowest BCUT2D eigenvalue weighted by atomic mass is 10.0. The highest BCUT2D eigenvalue weighted by Crippen LogP contribution is 2.24. The Balaban J connectivity index is 2.05.